The fourth-order valence-electron chi connectivity index (χ4n) is 2.35. The minimum Gasteiger partial charge on any atom is -0.374 e. The van der Waals surface area contributed by atoms with E-state index in [0.717, 1.165) is 11.1 Å². The first-order valence-electron chi connectivity index (χ1n) is 7.39. The maximum atomic E-state index is 6.07. The van der Waals surface area contributed by atoms with E-state index in [2.05, 4.69) is 0 Å². The molecule has 0 radical (unpaired) electrons. The number of rotatable bonds is 7. The molecule has 1 saturated heterocycles. The predicted molar refractivity (Wildman–Crippen MR) is 85.6 cm³/mol. The molecule has 0 amide bonds. The van der Waals surface area contributed by atoms with Crippen molar-refractivity contribution in [3.8, 4) is 0 Å². The van der Waals surface area contributed by atoms with Gasteiger partial charge >= 0.3 is 0 Å². The van der Waals surface area contributed by atoms with Gasteiger partial charge in [0.25, 0.3) is 0 Å². The molecule has 1 aliphatic heterocycles. The standard InChI is InChI=1S/C18H19ClO3/c19-18-17(21-12-15-9-5-2-6-10-15)16(22-18)13-20-11-14-7-3-1-4-8-14/h1-10,16-18H,11-13H2/t16-,17-,18+/m1/s1. The Morgan fingerprint density at radius 3 is 2.05 bits per heavy atom. The van der Waals surface area contributed by atoms with Crippen molar-refractivity contribution in [2.45, 2.75) is 31.0 Å². The Hall–Kier alpha value is -1.39. The summed E-state index contributed by atoms with van der Waals surface area (Å²) in [6.45, 7) is 1.59. The van der Waals surface area contributed by atoms with Crippen molar-refractivity contribution in [2.24, 2.45) is 0 Å². The third-order valence-corrected chi connectivity index (χ3v) is 3.96. The molecular formula is C18H19ClO3. The molecule has 22 heavy (non-hydrogen) atoms. The van der Waals surface area contributed by atoms with Crippen molar-refractivity contribution >= 4 is 11.6 Å². The van der Waals surface area contributed by atoms with Crippen molar-refractivity contribution in [2.75, 3.05) is 6.61 Å². The van der Waals surface area contributed by atoms with Gasteiger partial charge in [0.05, 0.1) is 19.8 Å². The van der Waals surface area contributed by atoms with Gasteiger partial charge in [-0.25, -0.2) is 0 Å². The van der Waals surface area contributed by atoms with Crippen molar-refractivity contribution in [1.82, 2.24) is 0 Å². The minimum atomic E-state index is -0.394. The lowest BCUT2D eigenvalue weighted by molar-refractivity contribution is -0.229. The first kappa shape index (κ1) is 15.5. The second kappa shape index (κ2) is 7.75. The van der Waals surface area contributed by atoms with Crippen LogP contribution < -0.4 is 0 Å². The average molecular weight is 319 g/mol. The summed E-state index contributed by atoms with van der Waals surface area (Å²) in [4.78, 5) is 0. The van der Waals surface area contributed by atoms with Crippen molar-refractivity contribution in [3.63, 3.8) is 0 Å². The highest BCUT2D eigenvalue weighted by molar-refractivity contribution is 6.20. The lowest BCUT2D eigenvalue weighted by Crippen LogP contribution is -2.54. The molecule has 0 saturated carbocycles. The zero-order valence-corrected chi connectivity index (χ0v) is 13.0. The fourth-order valence-corrected chi connectivity index (χ4v) is 2.72. The molecule has 1 aliphatic rings. The van der Waals surface area contributed by atoms with E-state index in [1.165, 1.54) is 0 Å². The van der Waals surface area contributed by atoms with Crippen molar-refractivity contribution in [3.05, 3.63) is 71.8 Å². The quantitative estimate of drug-likeness (QED) is 0.728. The fraction of sp³-hybridized carbons (Fsp3) is 0.333. The number of hydrogen-bond acceptors (Lipinski definition) is 3. The van der Waals surface area contributed by atoms with E-state index >= 15 is 0 Å². The minimum absolute atomic E-state index is 0.102. The lowest BCUT2D eigenvalue weighted by Gasteiger charge is -2.40. The van der Waals surface area contributed by atoms with Gasteiger partial charge in [-0.15, -0.1) is 0 Å². The largest absolute Gasteiger partial charge is 0.374 e. The van der Waals surface area contributed by atoms with E-state index in [1.54, 1.807) is 0 Å². The second-order valence-corrected chi connectivity index (χ2v) is 5.72. The summed E-state index contributed by atoms with van der Waals surface area (Å²) in [5, 5.41) is 0. The first-order valence-corrected chi connectivity index (χ1v) is 7.83. The molecule has 0 aromatic heterocycles. The van der Waals surface area contributed by atoms with E-state index < -0.39 is 5.56 Å². The summed E-state index contributed by atoms with van der Waals surface area (Å²) in [5.41, 5.74) is 1.88. The lowest BCUT2D eigenvalue weighted by atomic mass is 10.1. The number of ether oxygens (including phenoxy) is 3. The molecule has 0 aliphatic carbocycles. The third kappa shape index (κ3) is 4.08. The number of hydrogen-bond donors (Lipinski definition) is 0. The van der Waals surface area contributed by atoms with Gasteiger partial charge in [-0.1, -0.05) is 72.3 Å². The van der Waals surface area contributed by atoms with E-state index in [9.17, 15) is 0 Å². The summed E-state index contributed by atoms with van der Waals surface area (Å²) >= 11 is 6.07. The van der Waals surface area contributed by atoms with Gasteiger partial charge in [-0.3, -0.25) is 0 Å². The molecule has 1 fully saturated rings. The number of halogens is 1. The van der Waals surface area contributed by atoms with Crippen LogP contribution in [0.5, 0.6) is 0 Å². The molecule has 4 heteroatoms. The van der Waals surface area contributed by atoms with Gasteiger partial charge in [0.1, 0.15) is 12.2 Å². The van der Waals surface area contributed by atoms with E-state index in [0.29, 0.717) is 19.8 Å². The molecule has 2 aromatic rings. The van der Waals surface area contributed by atoms with Gasteiger partial charge in [-0.05, 0) is 11.1 Å². The monoisotopic (exact) mass is 318 g/mol. The molecule has 0 spiro atoms. The van der Waals surface area contributed by atoms with Gasteiger partial charge in [-0.2, -0.15) is 0 Å². The summed E-state index contributed by atoms with van der Waals surface area (Å²) in [5.74, 6) is 0. The summed E-state index contributed by atoms with van der Waals surface area (Å²) in [6.07, 6.45) is -0.229. The van der Waals surface area contributed by atoms with Crippen LogP contribution in [0.4, 0.5) is 0 Å². The van der Waals surface area contributed by atoms with Crippen LogP contribution in [0.25, 0.3) is 0 Å². The smallest absolute Gasteiger partial charge is 0.160 e. The van der Waals surface area contributed by atoms with Crippen LogP contribution in [-0.2, 0) is 27.4 Å². The van der Waals surface area contributed by atoms with Gasteiger partial charge < -0.3 is 14.2 Å². The Kier molecular flexibility index (Phi) is 5.46. The SMILES string of the molecule is Cl[C@H]1O[C@H](COCc2ccccc2)[C@H]1OCc1ccccc1. The Balaban J connectivity index is 1.42. The Bertz CT molecular complexity index is 561. The molecule has 116 valence electrons. The second-order valence-electron chi connectivity index (χ2n) is 5.29. The van der Waals surface area contributed by atoms with E-state index in [4.69, 9.17) is 25.8 Å². The van der Waals surface area contributed by atoms with Crippen LogP contribution in [-0.4, -0.2) is 24.4 Å². The van der Waals surface area contributed by atoms with Crippen LogP contribution in [0.1, 0.15) is 11.1 Å². The molecule has 3 atom stereocenters. The Labute approximate surface area is 135 Å². The first-order chi connectivity index (χ1) is 10.8. The van der Waals surface area contributed by atoms with Crippen molar-refractivity contribution < 1.29 is 14.2 Å². The van der Waals surface area contributed by atoms with Crippen LogP contribution >= 0.6 is 11.6 Å². The Morgan fingerprint density at radius 1 is 0.864 bits per heavy atom. The van der Waals surface area contributed by atoms with E-state index in [1.807, 2.05) is 60.7 Å². The molecular weight excluding hydrogens is 300 g/mol. The molecule has 1 heterocycles. The van der Waals surface area contributed by atoms with Gasteiger partial charge in [0, 0.05) is 0 Å². The zero-order chi connectivity index (χ0) is 15.2. The predicted octanol–water partition coefficient (Wildman–Crippen LogP) is 3.75. The average Bonchev–Trinajstić information content (AvgIpc) is 2.56. The molecule has 0 N–H and O–H groups in total. The van der Waals surface area contributed by atoms with Gasteiger partial charge in [0.15, 0.2) is 5.56 Å². The molecule has 0 bridgehead atoms. The summed E-state index contributed by atoms with van der Waals surface area (Å²) in [7, 11) is 0. The molecule has 3 nitrogen and oxygen atoms in total. The number of alkyl halides is 1. The zero-order valence-electron chi connectivity index (χ0n) is 12.2. The topological polar surface area (TPSA) is 27.7 Å². The maximum Gasteiger partial charge on any atom is 0.160 e. The van der Waals surface area contributed by atoms with E-state index in [-0.39, 0.29) is 12.2 Å². The molecule has 3 rings (SSSR count). The van der Waals surface area contributed by atoms with Crippen molar-refractivity contribution in [1.29, 1.82) is 0 Å². The highest BCUT2D eigenvalue weighted by atomic mass is 35.5. The summed E-state index contributed by atoms with van der Waals surface area (Å²) in [6, 6.07) is 20.1. The van der Waals surface area contributed by atoms with Crippen LogP contribution in [0.2, 0.25) is 0 Å². The maximum absolute atomic E-state index is 6.07. The normalized spacial score (nSPS) is 24.0. The number of benzene rings is 2. The Morgan fingerprint density at radius 2 is 1.45 bits per heavy atom. The highest BCUT2D eigenvalue weighted by Gasteiger charge is 2.42. The highest BCUT2D eigenvalue weighted by Crippen LogP contribution is 2.29. The third-order valence-electron chi connectivity index (χ3n) is 3.61. The van der Waals surface area contributed by atoms with Crippen LogP contribution in [0.3, 0.4) is 0 Å². The molecule has 2 aromatic carbocycles. The summed E-state index contributed by atoms with van der Waals surface area (Å²) < 4.78 is 17.0. The van der Waals surface area contributed by atoms with Crippen LogP contribution in [0, 0.1) is 0 Å². The molecule has 0 unspecified atom stereocenters. The van der Waals surface area contributed by atoms with Gasteiger partial charge in [0.2, 0.25) is 0 Å². The van der Waals surface area contributed by atoms with Crippen LogP contribution in [0.15, 0.2) is 60.7 Å².